The summed E-state index contributed by atoms with van der Waals surface area (Å²) in [6.45, 7) is 4.14. The van der Waals surface area contributed by atoms with Crippen LogP contribution < -0.4 is 0 Å². The summed E-state index contributed by atoms with van der Waals surface area (Å²) in [4.78, 5) is 34.4. The van der Waals surface area contributed by atoms with Gasteiger partial charge in [0, 0.05) is 19.1 Å². The first-order valence-electron chi connectivity index (χ1n) is 8.76. The molecule has 0 spiro atoms. The summed E-state index contributed by atoms with van der Waals surface area (Å²) in [5.41, 5.74) is 0. The van der Waals surface area contributed by atoms with E-state index in [0.29, 0.717) is 17.4 Å². The average molecular weight is 367 g/mol. The van der Waals surface area contributed by atoms with Crippen LogP contribution in [0, 0.1) is 0 Å². The zero-order valence-electron chi connectivity index (χ0n) is 15.0. The van der Waals surface area contributed by atoms with Crippen molar-refractivity contribution in [3.63, 3.8) is 0 Å². The van der Waals surface area contributed by atoms with Gasteiger partial charge < -0.3 is 0 Å². The Bertz CT molecular complexity index is 671. The van der Waals surface area contributed by atoms with E-state index in [1.165, 1.54) is 29.7 Å². The molecule has 0 aromatic heterocycles. The van der Waals surface area contributed by atoms with Crippen LogP contribution in [0.3, 0.4) is 0 Å². The topological polar surface area (TPSA) is 59.2 Å². The third kappa shape index (κ3) is 3.29. The van der Waals surface area contributed by atoms with Crippen LogP contribution in [0.25, 0.3) is 0 Å². The van der Waals surface area contributed by atoms with Gasteiger partial charge in [-0.15, -0.1) is 0 Å². The zero-order chi connectivity index (χ0) is 18.1. The second-order valence-corrected chi connectivity index (χ2v) is 7.35. The molecule has 3 rings (SSSR count). The van der Waals surface area contributed by atoms with E-state index < -0.39 is 6.04 Å². The number of halogens is 1. The molecule has 0 N–H and O–H groups in total. The van der Waals surface area contributed by atoms with E-state index in [1.807, 2.05) is 17.9 Å². The minimum absolute atomic E-state index is 0.243. The number of carbonyl (C=O) groups is 2. The van der Waals surface area contributed by atoms with E-state index >= 15 is 0 Å². The number of likely N-dealkylation sites (N-methyl/N-ethyl adjacent to an activating group) is 2. The smallest absolute Gasteiger partial charge is 0.270 e. The second kappa shape index (κ2) is 7.15. The molecule has 1 atom stereocenters. The molecule has 0 aliphatic carbocycles. The minimum Gasteiger partial charge on any atom is -0.270 e. The van der Waals surface area contributed by atoms with Gasteiger partial charge in [-0.2, -0.15) is 0 Å². The molecule has 3 heterocycles. The van der Waals surface area contributed by atoms with Gasteiger partial charge in [-0.1, -0.05) is 29.4 Å². The second-order valence-electron chi connectivity index (χ2n) is 6.76. The number of guanidine groups is 1. The fraction of sp³-hybridized carbons (Fsp3) is 0.647. The van der Waals surface area contributed by atoms with Gasteiger partial charge in [0.1, 0.15) is 0 Å². The van der Waals surface area contributed by atoms with Crippen LogP contribution in [-0.4, -0.2) is 82.8 Å². The molecule has 3 aliphatic heterocycles. The first kappa shape index (κ1) is 17.9. The molecule has 8 heteroatoms. The highest BCUT2D eigenvalue weighted by molar-refractivity contribution is 6.29. The Labute approximate surface area is 153 Å². The van der Waals surface area contributed by atoms with Crippen LogP contribution in [-0.2, 0) is 4.79 Å². The number of amidine groups is 1. The molecule has 2 fully saturated rings. The summed E-state index contributed by atoms with van der Waals surface area (Å²) in [5, 5.41) is 0.671. The Morgan fingerprint density at radius 1 is 1.20 bits per heavy atom. The van der Waals surface area contributed by atoms with Gasteiger partial charge in [0.15, 0.2) is 0 Å². The number of rotatable bonds is 2. The molecule has 0 bridgehead atoms. The molecule has 25 heavy (non-hydrogen) atoms. The molecule has 0 aromatic carbocycles. The van der Waals surface area contributed by atoms with E-state index in [0.717, 1.165) is 31.9 Å². The number of nitrogens with zero attached hydrogens (tertiary/aromatic N) is 5. The van der Waals surface area contributed by atoms with Crippen LogP contribution in [0.2, 0.25) is 0 Å². The number of fused-ring (bicyclic) bond motifs is 1. The SMILES string of the molecule is C/C(Cl)=C/CN1C(=[N+]2CCCCCC2)N=C2C1C(=O)N(C)C(=O)N2C. The van der Waals surface area contributed by atoms with Gasteiger partial charge in [0.2, 0.25) is 11.9 Å². The summed E-state index contributed by atoms with van der Waals surface area (Å²) in [5.74, 6) is 1.04. The summed E-state index contributed by atoms with van der Waals surface area (Å²) in [7, 11) is 3.19. The van der Waals surface area contributed by atoms with E-state index in [4.69, 9.17) is 16.6 Å². The van der Waals surface area contributed by atoms with E-state index in [9.17, 15) is 9.59 Å². The summed E-state index contributed by atoms with van der Waals surface area (Å²) >= 11 is 6.02. The van der Waals surface area contributed by atoms with Gasteiger partial charge in [-0.25, -0.2) is 9.69 Å². The first-order valence-corrected chi connectivity index (χ1v) is 9.14. The largest absolute Gasteiger partial charge is 0.392 e. The Balaban J connectivity index is 2.05. The molecule has 0 radical (unpaired) electrons. The maximum atomic E-state index is 12.8. The van der Waals surface area contributed by atoms with Gasteiger partial charge >= 0.3 is 12.0 Å². The Hall–Kier alpha value is -1.89. The molecule has 1 unspecified atom stereocenters. The standard InChI is InChI=1S/C17H25ClN5O2/c1-12(18)8-11-23-13-14(20(2)17(25)21(3)15(13)24)19-16(23)22-9-6-4-5-7-10-22/h8,13H,4-7,9-11H2,1-3H3/q+1/b12-8-. The lowest BCUT2D eigenvalue weighted by Crippen LogP contribution is -2.62. The summed E-state index contributed by atoms with van der Waals surface area (Å²) < 4.78 is 2.24. The lowest BCUT2D eigenvalue weighted by Gasteiger charge is -2.32. The van der Waals surface area contributed by atoms with Gasteiger partial charge in [0.25, 0.3) is 5.91 Å². The predicted molar refractivity (Wildman–Crippen MR) is 96.9 cm³/mol. The summed E-state index contributed by atoms with van der Waals surface area (Å²) in [6, 6.07) is -0.917. The van der Waals surface area contributed by atoms with E-state index in [-0.39, 0.29) is 11.9 Å². The van der Waals surface area contributed by atoms with Crippen LogP contribution in [0.4, 0.5) is 4.79 Å². The average Bonchev–Trinajstić information content (AvgIpc) is 2.76. The third-order valence-electron chi connectivity index (χ3n) is 4.97. The Kier molecular flexibility index (Phi) is 5.13. The Morgan fingerprint density at radius 3 is 2.44 bits per heavy atom. The monoisotopic (exact) mass is 366 g/mol. The fourth-order valence-electron chi connectivity index (χ4n) is 3.52. The third-order valence-corrected chi connectivity index (χ3v) is 5.12. The van der Waals surface area contributed by atoms with Crippen molar-refractivity contribution in [2.75, 3.05) is 33.7 Å². The quantitative estimate of drug-likeness (QED) is 0.698. The molecule has 0 aromatic rings. The number of hydrogen-bond donors (Lipinski definition) is 0. The number of urea groups is 1. The number of amides is 3. The number of aliphatic imine (C=N–C) groups is 1. The van der Waals surface area contributed by atoms with Gasteiger partial charge in [0.05, 0.1) is 19.6 Å². The molecule has 2 saturated heterocycles. The zero-order valence-corrected chi connectivity index (χ0v) is 15.8. The highest BCUT2D eigenvalue weighted by atomic mass is 35.5. The number of imide groups is 1. The Morgan fingerprint density at radius 2 is 1.84 bits per heavy atom. The van der Waals surface area contributed by atoms with Crippen molar-refractivity contribution < 1.29 is 14.2 Å². The molecular weight excluding hydrogens is 342 g/mol. The summed E-state index contributed by atoms with van der Waals surface area (Å²) in [6.07, 6.45) is 6.52. The van der Waals surface area contributed by atoms with Crippen molar-refractivity contribution >= 4 is 35.3 Å². The highest BCUT2D eigenvalue weighted by Crippen LogP contribution is 2.24. The molecule has 3 aliphatic rings. The van der Waals surface area contributed by atoms with Crippen molar-refractivity contribution in [1.29, 1.82) is 0 Å². The minimum atomic E-state index is -0.571. The maximum Gasteiger partial charge on any atom is 0.392 e. The van der Waals surface area contributed by atoms with Crippen molar-refractivity contribution in [2.45, 2.75) is 38.6 Å². The predicted octanol–water partition coefficient (Wildman–Crippen LogP) is 1.68. The molecule has 0 saturated carbocycles. The lowest BCUT2D eigenvalue weighted by atomic mass is 10.1. The van der Waals surface area contributed by atoms with Gasteiger partial charge in [-0.05, 0) is 25.8 Å². The van der Waals surface area contributed by atoms with Crippen LogP contribution in [0.15, 0.2) is 16.1 Å². The van der Waals surface area contributed by atoms with Crippen molar-refractivity contribution in [2.24, 2.45) is 4.99 Å². The van der Waals surface area contributed by atoms with E-state index in [2.05, 4.69) is 4.58 Å². The van der Waals surface area contributed by atoms with E-state index in [1.54, 1.807) is 7.05 Å². The van der Waals surface area contributed by atoms with Gasteiger partial charge in [-0.3, -0.25) is 19.2 Å². The van der Waals surface area contributed by atoms with Crippen molar-refractivity contribution in [1.82, 2.24) is 14.7 Å². The van der Waals surface area contributed by atoms with Crippen LogP contribution in [0.1, 0.15) is 32.6 Å². The van der Waals surface area contributed by atoms with Crippen molar-refractivity contribution in [3.05, 3.63) is 11.1 Å². The first-order chi connectivity index (χ1) is 11.9. The number of hydrogen-bond acceptors (Lipinski definition) is 2. The number of allylic oxidation sites excluding steroid dienone is 1. The molecular formula is C17H25ClN5O2+. The molecule has 136 valence electrons. The number of carbonyl (C=O) groups excluding carboxylic acids is 2. The molecule has 3 amide bonds. The lowest BCUT2D eigenvalue weighted by molar-refractivity contribution is -0.531. The normalized spacial score (nSPS) is 25.4. The maximum absolute atomic E-state index is 12.8. The van der Waals surface area contributed by atoms with Crippen LogP contribution >= 0.6 is 11.6 Å². The highest BCUT2D eigenvalue weighted by Gasteiger charge is 2.54. The fourth-order valence-corrected chi connectivity index (χ4v) is 3.59. The van der Waals surface area contributed by atoms with Crippen molar-refractivity contribution in [3.8, 4) is 0 Å². The van der Waals surface area contributed by atoms with Crippen LogP contribution in [0.5, 0.6) is 0 Å². The molecule has 7 nitrogen and oxygen atoms in total.